The van der Waals surface area contributed by atoms with E-state index in [4.69, 9.17) is 4.74 Å². The predicted octanol–water partition coefficient (Wildman–Crippen LogP) is 2.83. The number of hydrogen-bond acceptors (Lipinski definition) is 3. The van der Waals surface area contributed by atoms with E-state index in [2.05, 4.69) is 5.32 Å². The van der Waals surface area contributed by atoms with Crippen molar-refractivity contribution in [3.05, 3.63) is 65.7 Å². The Morgan fingerprint density at radius 3 is 2.48 bits per heavy atom. The molecule has 0 aliphatic carbocycles. The first-order valence-corrected chi connectivity index (χ1v) is 8.36. The molecule has 2 rings (SSSR count). The average Bonchev–Trinajstić information content (AvgIpc) is 2.60. The molecule has 0 saturated heterocycles. The van der Waals surface area contributed by atoms with Gasteiger partial charge in [0.1, 0.15) is 11.8 Å². The molecule has 0 spiro atoms. The first-order chi connectivity index (χ1) is 12.1. The molecule has 0 heterocycles. The predicted molar refractivity (Wildman–Crippen MR) is 95.6 cm³/mol. The van der Waals surface area contributed by atoms with E-state index in [0.29, 0.717) is 12.4 Å². The smallest absolute Gasteiger partial charge is 0.326 e. The van der Waals surface area contributed by atoms with Gasteiger partial charge in [0.25, 0.3) is 0 Å². The standard InChI is InChI=1S/C20H23NO4/c1-2-11-25-17-10-6-9-16(12-17)14-19(22)21-18(20(23)24)13-15-7-4-3-5-8-15/h3-10,12,18H,2,11,13-14H2,1H3,(H,21,22)(H,23,24)/t18-/m0/s1. The number of ether oxygens (including phenoxy) is 1. The first kappa shape index (κ1) is 18.5. The van der Waals surface area contributed by atoms with Crippen molar-refractivity contribution in [3.8, 4) is 5.75 Å². The minimum atomic E-state index is -1.04. The summed E-state index contributed by atoms with van der Waals surface area (Å²) in [5.41, 5.74) is 1.65. The normalized spacial score (nSPS) is 11.6. The Labute approximate surface area is 147 Å². The maximum Gasteiger partial charge on any atom is 0.326 e. The molecule has 2 aromatic rings. The third-order valence-corrected chi connectivity index (χ3v) is 3.65. The topological polar surface area (TPSA) is 75.6 Å². The van der Waals surface area contributed by atoms with Gasteiger partial charge in [-0.1, -0.05) is 49.4 Å². The van der Waals surface area contributed by atoms with Crippen molar-refractivity contribution in [1.82, 2.24) is 5.32 Å². The fourth-order valence-electron chi connectivity index (χ4n) is 2.45. The van der Waals surface area contributed by atoms with Gasteiger partial charge >= 0.3 is 5.97 Å². The molecule has 0 aliphatic rings. The van der Waals surface area contributed by atoms with Gasteiger partial charge in [0, 0.05) is 6.42 Å². The number of amides is 1. The summed E-state index contributed by atoms with van der Waals surface area (Å²) in [6.07, 6.45) is 1.27. The Kier molecular flexibility index (Phi) is 7.01. The Morgan fingerprint density at radius 2 is 1.80 bits per heavy atom. The van der Waals surface area contributed by atoms with Gasteiger partial charge in [0.05, 0.1) is 13.0 Å². The summed E-state index contributed by atoms with van der Waals surface area (Å²) in [7, 11) is 0. The number of benzene rings is 2. The Bertz CT molecular complexity index is 700. The molecule has 1 atom stereocenters. The maximum atomic E-state index is 12.2. The Morgan fingerprint density at radius 1 is 1.08 bits per heavy atom. The SMILES string of the molecule is CCCOc1cccc(CC(=O)N[C@@H](Cc2ccccc2)C(=O)O)c1. The summed E-state index contributed by atoms with van der Waals surface area (Å²) in [5, 5.41) is 12.0. The van der Waals surface area contributed by atoms with Gasteiger partial charge in [0.2, 0.25) is 5.91 Å². The van der Waals surface area contributed by atoms with Crippen LogP contribution in [0.4, 0.5) is 0 Å². The lowest BCUT2D eigenvalue weighted by Gasteiger charge is -2.15. The van der Waals surface area contributed by atoms with E-state index in [9.17, 15) is 14.7 Å². The minimum Gasteiger partial charge on any atom is -0.494 e. The summed E-state index contributed by atoms with van der Waals surface area (Å²) >= 11 is 0. The summed E-state index contributed by atoms with van der Waals surface area (Å²) in [4.78, 5) is 23.7. The second-order valence-corrected chi connectivity index (χ2v) is 5.82. The first-order valence-electron chi connectivity index (χ1n) is 8.36. The van der Waals surface area contributed by atoms with Gasteiger partial charge in [-0.15, -0.1) is 0 Å². The molecule has 25 heavy (non-hydrogen) atoms. The molecule has 0 aromatic heterocycles. The molecule has 0 radical (unpaired) electrons. The van der Waals surface area contributed by atoms with Crippen LogP contribution in [0.25, 0.3) is 0 Å². The number of carbonyl (C=O) groups is 2. The van der Waals surface area contributed by atoms with E-state index in [1.807, 2.05) is 61.5 Å². The van der Waals surface area contributed by atoms with Gasteiger partial charge in [-0.3, -0.25) is 4.79 Å². The van der Waals surface area contributed by atoms with Crippen molar-refractivity contribution >= 4 is 11.9 Å². The van der Waals surface area contributed by atoms with Crippen molar-refractivity contribution in [2.45, 2.75) is 32.2 Å². The molecular weight excluding hydrogens is 318 g/mol. The van der Waals surface area contributed by atoms with Crippen molar-refractivity contribution in [2.24, 2.45) is 0 Å². The van der Waals surface area contributed by atoms with Crippen LogP contribution in [0.2, 0.25) is 0 Å². The number of carboxylic acid groups (broad SMARTS) is 1. The van der Waals surface area contributed by atoms with Crippen LogP contribution in [0, 0.1) is 0 Å². The second-order valence-electron chi connectivity index (χ2n) is 5.82. The highest BCUT2D eigenvalue weighted by molar-refractivity contribution is 5.85. The van der Waals surface area contributed by atoms with Crippen LogP contribution in [-0.4, -0.2) is 29.6 Å². The fourth-order valence-corrected chi connectivity index (χ4v) is 2.45. The highest BCUT2D eigenvalue weighted by atomic mass is 16.5. The summed E-state index contributed by atoms with van der Waals surface area (Å²) < 4.78 is 5.55. The van der Waals surface area contributed by atoms with Gasteiger partial charge < -0.3 is 15.2 Å². The monoisotopic (exact) mass is 341 g/mol. The van der Waals surface area contributed by atoms with Gasteiger partial charge in [-0.05, 0) is 29.7 Å². The fraction of sp³-hybridized carbons (Fsp3) is 0.300. The van der Waals surface area contributed by atoms with Crippen LogP contribution < -0.4 is 10.1 Å². The molecule has 2 N–H and O–H groups in total. The summed E-state index contributed by atoms with van der Waals surface area (Å²) in [6.45, 7) is 2.64. The second kappa shape index (κ2) is 9.47. The summed E-state index contributed by atoms with van der Waals surface area (Å²) in [5.74, 6) is -0.653. The van der Waals surface area contributed by atoms with Gasteiger partial charge in [-0.2, -0.15) is 0 Å². The highest BCUT2D eigenvalue weighted by Crippen LogP contribution is 2.14. The van der Waals surface area contributed by atoms with Crippen LogP contribution in [0.15, 0.2) is 54.6 Å². The van der Waals surface area contributed by atoms with Crippen molar-refractivity contribution in [2.75, 3.05) is 6.61 Å². The number of carboxylic acids is 1. The maximum absolute atomic E-state index is 12.2. The molecule has 132 valence electrons. The molecule has 2 aromatic carbocycles. The quantitative estimate of drug-likeness (QED) is 0.735. The molecule has 5 heteroatoms. The third-order valence-electron chi connectivity index (χ3n) is 3.65. The van der Waals surface area contributed by atoms with Gasteiger partial charge in [-0.25, -0.2) is 4.79 Å². The number of rotatable bonds is 9. The lowest BCUT2D eigenvalue weighted by Crippen LogP contribution is -2.43. The van der Waals surface area contributed by atoms with Crippen LogP contribution in [0.1, 0.15) is 24.5 Å². The lowest BCUT2D eigenvalue weighted by atomic mass is 10.1. The zero-order valence-electron chi connectivity index (χ0n) is 14.3. The van der Waals surface area contributed by atoms with E-state index >= 15 is 0 Å². The van der Waals surface area contributed by atoms with Crippen LogP contribution in [0.3, 0.4) is 0 Å². The molecule has 0 aliphatic heterocycles. The van der Waals surface area contributed by atoms with E-state index < -0.39 is 12.0 Å². The lowest BCUT2D eigenvalue weighted by molar-refractivity contribution is -0.141. The van der Waals surface area contributed by atoms with E-state index in [0.717, 1.165) is 17.5 Å². The van der Waals surface area contributed by atoms with Crippen LogP contribution in [0.5, 0.6) is 5.75 Å². The van der Waals surface area contributed by atoms with Crippen molar-refractivity contribution in [1.29, 1.82) is 0 Å². The Balaban J connectivity index is 1.96. The zero-order chi connectivity index (χ0) is 18.1. The molecule has 0 bridgehead atoms. The van der Waals surface area contributed by atoms with E-state index in [-0.39, 0.29) is 18.7 Å². The number of aliphatic carboxylic acids is 1. The van der Waals surface area contributed by atoms with Crippen LogP contribution in [-0.2, 0) is 22.4 Å². The molecule has 0 unspecified atom stereocenters. The van der Waals surface area contributed by atoms with Crippen molar-refractivity contribution < 1.29 is 19.4 Å². The zero-order valence-corrected chi connectivity index (χ0v) is 14.3. The van der Waals surface area contributed by atoms with E-state index in [1.54, 1.807) is 0 Å². The largest absolute Gasteiger partial charge is 0.494 e. The summed E-state index contributed by atoms with van der Waals surface area (Å²) in [6, 6.07) is 15.6. The molecule has 0 fully saturated rings. The highest BCUT2D eigenvalue weighted by Gasteiger charge is 2.20. The number of nitrogens with one attached hydrogen (secondary N) is 1. The molecule has 0 saturated carbocycles. The molecule has 5 nitrogen and oxygen atoms in total. The average molecular weight is 341 g/mol. The Hall–Kier alpha value is -2.82. The number of hydrogen-bond donors (Lipinski definition) is 2. The number of carbonyl (C=O) groups excluding carboxylic acids is 1. The van der Waals surface area contributed by atoms with Gasteiger partial charge in [0.15, 0.2) is 0 Å². The molecule has 1 amide bonds. The van der Waals surface area contributed by atoms with Crippen molar-refractivity contribution in [3.63, 3.8) is 0 Å². The third kappa shape index (κ3) is 6.30. The minimum absolute atomic E-state index is 0.113. The molecular formula is C20H23NO4. The van der Waals surface area contributed by atoms with E-state index in [1.165, 1.54) is 0 Å². The van der Waals surface area contributed by atoms with Crippen LogP contribution >= 0.6 is 0 Å².